The van der Waals surface area contributed by atoms with Crippen molar-refractivity contribution in [2.45, 2.75) is 65.6 Å². The van der Waals surface area contributed by atoms with Crippen LogP contribution in [0.2, 0.25) is 0 Å². The predicted molar refractivity (Wildman–Crippen MR) is 199 cm³/mol. The summed E-state index contributed by atoms with van der Waals surface area (Å²) >= 11 is 0. The average molecular weight is 736 g/mol. The van der Waals surface area contributed by atoms with E-state index >= 15 is 0 Å². The fourth-order valence-corrected chi connectivity index (χ4v) is 5.67. The fourth-order valence-electron chi connectivity index (χ4n) is 5.67. The Balaban J connectivity index is 1.01. The topological polar surface area (TPSA) is 186 Å². The normalized spacial score (nSPS) is 12.7. The number of carbonyl (C=O) groups is 4. The van der Waals surface area contributed by atoms with E-state index in [0.717, 1.165) is 28.1 Å². The summed E-state index contributed by atoms with van der Waals surface area (Å²) in [5.74, 6) is -0.850. The Morgan fingerprint density at radius 3 is 1.94 bits per heavy atom. The third-order valence-electron chi connectivity index (χ3n) is 8.32. The van der Waals surface area contributed by atoms with E-state index in [1.807, 2.05) is 76.2 Å². The van der Waals surface area contributed by atoms with Crippen molar-refractivity contribution in [3.63, 3.8) is 0 Å². The van der Waals surface area contributed by atoms with E-state index in [4.69, 9.17) is 18.9 Å². The Hall–Kier alpha value is -4.70. The lowest BCUT2D eigenvalue weighted by Gasteiger charge is -2.28. The highest BCUT2D eigenvalue weighted by molar-refractivity contribution is 6.01. The molecule has 3 aromatic rings. The Kier molecular flexibility index (Phi) is 16.8. The van der Waals surface area contributed by atoms with Crippen LogP contribution in [0.5, 0.6) is 0 Å². The van der Waals surface area contributed by atoms with Crippen LogP contribution in [0.3, 0.4) is 0 Å². The molecule has 0 aliphatic carbocycles. The number of hydrogen-bond acceptors (Lipinski definition) is 10. The van der Waals surface area contributed by atoms with Crippen LogP contribution in [0, 0.1) is 5.92 Å². The first-order valence-electron chi connectivity index (χ1n) is 18.2. The number of hydrogen-bond donors (Lipinski definition) is 4. The van der Waals surface area contributed by atoms with Crippen LogP contribution in [0.15, 0.2) is 48.5 Å². The highest BCUT2D eigenvalue weighted by Gasteiger charge is 2.28. The van der Waals surface area contributed by atoms with Crippen molar-refractivity contribution >= 4 is 29.3 Å². The van der Waals surface area contributed by atoms with Crippen LogP contribution in [-0.2, 0) is 44.7 Å². The van der Waals surface area contributed by atoms with Crippen molar-refractivity contribution in [1.82, 2.24) is 31.4 Å². The van der Waals surface area contributed by atoms with Gasteiger partial charge in [-0.2, -0.15) is 15.4 Å². The number of nitrogens with zero attached hydrogens (tertiary/aromatic N) is 3. The highest BCUT2D eigenvalue weighted by atomic mass is 16.6. The number of aromatic amines is 1. The van der Waals surface area contributed by atoms with Gasteiger partial charge in [-0.05, 0) is 31.4 Å². The molecule has 0 fully saturated rings. The molecule has 1 aliphatic heterocycles. The zero-order valence-electron chi connectivity index (χ0n) is 31.2. The predicted octanol–water partition coefficient (Wildman–Crippen LogP) is 3.00. The summed E-state index contributed by atoms with van der Waals surface area (Å²) in [6, 6.07) is 14.8. The van der Waals surface area contributed by atoms with E-state index in [1.165, 1.54) is 0 Å². The molecule has 4 N–H and O–H groups in total. The van der Waals surface area contributed by atoms with Gasteiger partial charge in [0.05, 0.1) is 65.1 Å². The van der Waals surface area contributed by atoms with E-state index in [1.54, 1.807) is 4.90 Å². The lowest BCUT2D eigenvalue weighted by Crippen LogP contribution is -2.51. The van der Waals surface area contributed by atoms with Gasteiger partial charge in [-0.15, -0.1) is 0 Å². The summed E-state index contributed by atoms with van der Waals surface area (Å²) < 4.78 is 22.0. The summed E-state index contributed by atoms with van der Waals surface area (Å²) in [6.45, 7) is 10.9. The number of amides is 4. The second-order valence-electron chi connectivity index (χ2n) is 13.2. The van der Waals surface area contributed by atoms with Gasteiger partial charge < -0.3 is 39.8 Å². The van der Waals surface area contributed by atoms with Gasteiger partial charge in [0.2, 0.25) is 23.6 Å². The number of fused-ring (bicyclic) bond motifs is 5. The molecule has 15 nitrogen and oxygen atoms in total. The molecule has 4 amide bonds. The van der Waals surface area contributed by atoms with Gasteiger partial charge in [0, 0.05) is 43.0 Å². The third kappa shape index (κ3) is 13.0. The van der Waals surface area contributed by atoms with Gasteiger partial charge in [-0.1, -0.05) is 56.3 Å². The Labute approximate surface area is 310 Å². The molecular weight excluding hydrogens is 682 g/mol. The first kappa shape index (κ1) is 41.1. The number of aromatic nitrogens is 3. The van der Waals surface area contributed by atoms with Crippen LogP contribution in [0.4, 0.5) is 5.69 Å². The number of rotatable bonds is 22. The second-order valence-corrected chi connectivity index (χ2v) is 13.2. The van der Waals surface area contributed by atoms with Gasteiger partial charge in [0.1, 0.15) is 17.4 Å². The van der Waals surface area contributed by atoms with Gasteiger partial charge >= 0.3 is 0 Å². The minimum absolute atomic E-state index is 0.000781. The van der Waals surface area contributed by atoms with E-state index in [0.29, 0.717) is 65.0 Å². The van der Waals surface area contributed by atoms with Gasteiger partial charge in [0.15, 0.2) is 0 Å². The number of para-hydroxylation sites is 1. The highest BCUT2D eigenvalue weighted by Crippen LogP contribution is 2.39. The van der Waals surface area contributed by atoms with Crippen molar-refractivity contribution < 1.29 is 38.1 Å². The molecule has 53 heavy (non-hydrogen) atoms. The van der Waals surface area contributed by atoms with Crippen LogP contribution in [-0.4, -0.2) is 111 Å². The zero-order chi connectivity index (χ0) is 38.0. The monoisotopic (exact) mass is 735 g/mol. The molecule has 4 rings (SSSR count). The largest absolute Gasteiger partial charge is 0.379 e. The van der Waals surface area contributed by atoms with Crippen LogP contribution < -0.4 is 20.9 Å². The minimum Gasteiger partial charge on any atom is -0.379 e. The van der Waals surface area contributed by atoms with Crippen LogP contribution in [0.1, 0.15) is 52.5 Å². The minimum atomic E-state index is -0.583. The molecule has 0 radical (unpaired) electrons. The lowest BCUT2D eigenvalue weighted by atomic mass is 9.95. The number of carbonyl (C=O) groups excluding carboxylic acids is 4. The standard InChI is InChI=1S/C38H53N7O8/c1-26(2)35(38(49)40-27(3)4)41-33(47)15-17-50-19-21-52-23-24-53-22-20-51-18-16-39-32(46)13-14-34(48)45-25-28-9-5-6-10-29(28)36-37(43-44-42-36)30-11-7-8-12-31(30)45/h5-12,26-27,35H,13-25H2,1-4H3,(H,39,46)(H,40,49)(H,41,47)(H,42,43,44)/t35-/m0/s1. The molecule has 0 unspecified atom stereocenters. The molecule has 15 heteroatoms. The Bertz CT molecular complexity index is 1630. The molecule has 2 aromatic carbocycles. The summed E-state index contributed by atoms with van der Waals surface area (Å²) in [5, 5.41) is 19.9. The number of anilines is 1. The van der Waals surface area contributed by atoms with Crippen LogP contribution >= 0.6 is 0 Å². The maximum absolute atomic E-state index is 13.5. The average Bonchev–Trinajstić information content (AvgIpc) is 3.62. The number of benzene rings is 2. The Morgan fingerprint density at radius 1 is 0.698 bits per heavy atom. The lowest BCUT2D eigenvalue weighted by molar-refractivity contribution is -0.131. The smallest absolute Gasteiger partial charge is 0.243 e. The van der Waals surface area contributed by atoms with E-state index in [-0.39, 0.29) is 61.5 Å². The molecule has 288 valence electrons. The number of ether oxygens (including phenoxy) is 4. The maximum atomic E-state index is 13.5. The summed E-state index contributed by atoms with van der Waals surface area (Å²) in [4.78, 5) is 52.3. The van der Waals surface area contributed by atoms with Crippen molar-refractivity contribution in [2.24, 2.45) is 5.92 Å². The maximum Gasteiger partial charge on any atom is 0.243 e. The molecule has 0 spiro atoms. The Morgan fingerprint density at radius 2 is 1.28 bits per heavy atom. The molecule has 1 aliphatic rings. The SMILES string of the molecule is CC(C)NC(=O)[C@@H](NC(=O)CCOCCOCCOCCOCCNC(=O)CCC(=O)N1Cc2ccccc2-c2n[nH]nc2-c2ccccc21)C(C)C. The van der Waals surface area contributed by atoms with Crippen LogP contribution in [0.25, 0.3) is 22.5 Å². The first-order chi connectivity index (χ1) is 25.7. The summed E-state index contributed by atoms with van der Waals surface area (Å²) in [6.07, 6.45) is 0.253. The van der Waals surface area contributed by atoms with Crippen molar-refractivity contribution in [2.75, 3.05) is 64.3 Å². The molecule has 2 heterocycles. The zero-order valence-corrected chi connectivity index (χ0v) is 31.2. The molecular formula is C38H53N7O8. The van der Waals surface area contributed by atoms with Crippen molar-refractivity contribution in [1.29, 1.82) is 0 Å². The summed E-state index contributed by atoms with van der Waals surface area (Å²) in [7, 11) is 0. The quantitative estimate of drug-likeness (QED) is 0.112. The first-order valence-corrected chi connectivity index (χ1v) is 18.2. The van der Waals surface area contributed by atoms with Crippen molar-refractivity contribution in [3.05, 3.63) is 54.1 Å². The van der Waals surface area contributed by atoms with Crippen molar-refractivity contribution in [3.8, 4) is 22.5 Å². The van der Waals surface area contributed by atoms with E-state index in [9.17, 15) is 19.2 Å². The van der Waals surface area contributed by atoms with Gasteiger partial charge in [0.25, 0.3) is 0 Å². The molecule has 0 saturated carbocycles. The summed E-state index contributed by atoms with van der Waals surface area (Å²) in [5.41, 5.74) is 4.77. The van der Waals surface area contributed by atoms with E-state index < -0.39 is 6.04 Å². The van der Waals surface area contributed by atoms with E-state index in [2.05, 4.69) is 31.4 Å². The van der Waals surface area contributed by atoms with Gasteiger partial charge in [-0.3, -0.25) is 19.2 Å². The molecule has 0 saturated heterocycles. The third-order valence-corrected chi connectivity index (χ3v) is 8.32. The fraction of sp³-hybridized carbons (Fsp3) is 0.526. The number of H-pyrrole nitrogens is 1. The van der Waals surface area contributed by atoms with Gasteiger partial charge in [-0.25, -0.2) is 0 Å². The molecule has 0 bridgehead atoms. The molecule has 1 aromatic heterocycles. The molecule has 1 atom stereocenters. The second kappa shape index (κ2) is 21.7. The number of nitrogens with one attached hydrogen (secondary N) is 4.